The Morgan fingerprint density at radius 2 is 0.528 bits per heavy atom. The zero-order chi connectivity index (χ0) is 48.1. The van der Waals surface area contributed by atoms with Gasteiger partial charge in [-0.15, -0.1) is 0 Å². The average Bonchev–Trinajstić information content (AvgIpc) is 3.40. The molecule has 4 spiro atoms. The van der Waals surface area contributed by atoms with Gasteiger partial charge in [-0.05, 0) is 261 Å². The molecule has 360 valence electrons. The standard InChI is InChI=1S/C68H64O4/c1-69-61-17-13-53-27-57(61)49-9-5-46-24-50(10-6-45(46)23-49)58-29-55(15-19-62(58)70-2)67-35-43-22-44(36-67)38-68(37-43,40-67)56-16-20-64(72-4)60(30-56)52-12-8-47-25-51(11-7-48(47)26-52)59-28-54(14-18-63(59)71-3)66-33-41-21-42(34-66)32-65(53,31-41)39-66/h5-20,23-30,41-44H,21-22,31-40H2,1-4H3. The SMILES string of the molecule is COc1ccc2cc1-c1ccc3cc(ccc3c1)-c1cc(ccc1OC)C13CC4CC(C1)CC(C4)(C3)c1ccc(OC)c(c1)-c1ccc3cc(ccc3c1)-c1cc(ccc1OC)C13CC4CC(CC2(C4)C1)C3. The van der Waals surface area contributed by atoms with Crippen molar-refractivity contribution < 1.29 is 18.9 Å². The van der Waals surface area contributed by atoms with Gasteiger partial charge in [0.1, 0.15) is 23.0 Å². The molecular weight excluding hydrogens is 881 g/mol. The van der Waals surface area contributed by atoms with E-state index in [2.05, 4.69) is 146 Å². The molecule has 4 nitrogen and oxygen atoms in total. The van der Waals surface area contributed by atoms with E-state index in [4.69, 9.17) is 18.9 Å². The highest BCUT2D eigenvalue weighted by Crippen LogP contribution is 2.68. The lowest BCUT2D eigenvalue weighted by Gasteiger charge is -2.63. The molecule has 72 heavy (non-hydrogen) atoms. The quantitative estimate of drug-likeness (QED) is 0.176. The van der Waals surface area contributed by atoms with Gasteiger partial charge in [0.25, 0.3) is 0 Å². The number of hydrogen-bond acceptors (Lipinski definition) is 4. The summed E-state index contributed by atoms with van der Waals surface area (Å²) in [5, 5.41) is 4.94. The lowest BCUT2D eigenvalue weighted by atomic mass is 9.41. The van der Waals surface area contributed by atoms with Crippen LogP contribution in [0.15, 0.2) is 146 Å². The van der Waals surface area contributed by atoms with Crippen molar-refractivity contribution in [1.29, 1.82) is 0 Å². The van der Waals surface area contributed by atoms with Crippen LogP contribution in [0.3, 0.4) is 0 Å². The molecule has 4 heteroatoms. The van der Waals surface area contributed by atoms with Gasteiger partial charge in [-0.1, -0.05) is 72.8 Å². The second kappa shape index (κ2) is 15.5. The average molecular weight is 945 g/mol. The summed E-state index contributed by atoms with van der Waals surface area (Å²) in [6.07, 6.45) is 15.1. The molecule has 16 aliphatic carbocycles. The van der Waals surface area contributed by atoms with E-state index >= 15 is 0 Å². The molecule has 0 N–H and O–H groups in total. The smallest absolute Gasteiger partial charge is 0.126 e. The lowest BCUT2D eigenvalue weighted by Crippen LogP contribution is -2.55. The van der Waals surface area contributed by atoms with Crippen LogP contribution in [0.5, 0.6) is 23.0 Å². The highest BCUT2D eigenvalue weighted by molar-refractivity contribution is 5.94. The Bertz CT molecular complexity index is 3070. The summed E-state index contributed by atoms with van der Waals surface area (Å²) in [6.45, 7) is 0. The molecule has 8 saturated carbocycles. The molecule has 16 aliphatic rings. The minimum absolute atomic E-state index is 0.116. The van der Waals surface area contributed by atoms with E-state index in [0.717, 1.165) is 23.0 Å². The number of rotatable bonds is 4. The summed E-state index contributed by atoms with van der Waals surface area (Å²) in [6, 6.07) is 56.9. The molecular formula is C68H64O4. The van der Waals surface area contributed by atoms with Crippen LogP contribution in [0.4, 0.5) is 0 Å². The van der Waals surface area contributed by atoms with Crippen LogP contribution in [-0.2, 0) is 21.7 Å². The Balaban J connectivity index is 0.922. The number of methoxy groups -OCH3 is 4. The van der Waals surface area contributed by atoms with Gasteiger partial charge in [-0.2, -0.15) is 0 Å². The van der Waals surface area contributed by atoms with Gasteiger partial charge in [-0.3, -0.25) is 0 Å². The van der Waals surface area contributed by atoms with Crippen LogP contribution in [0.1, 0.15) is 99.3 Å². The largest absolute Gasteiger partial charge is 0.496 e. The van der Waals surface area contributed by atoms with Crippen molar-refractivity contribution in [3.8, 4) is 67.5 Å². The Labute approximate surface area is 424 Å². The third kappa shape index (κ3) is 6.35. The van der Waals surface area contributed by atoms with E-state index in [1.54, 1.807) is 0 Å². The summed E-state index contributed by atoms with van der Waals surface area (Å²) in [5.41, 5.74) is 16.0. The van der Waals surface area contributed by atoms with Crippen molar-refractivity contribution >= 4 is 21.5 Å². The van der Waals surface area contributed by atoms with Crippen molar-refractivity contribution in [3.05, 3.63) is 168 Å². The highest BCUT2D eigenvalue weighted by atomic mass is 16.5. The maximum Gasteiger partial charge on any atom is 0.126 e. The summed E-state index contributed by atoms with van der Waals surface area (Å²) >= 11 is 0. The fourth-order valence-corrected chi connectivity index (χ4v) is 18.1. The first-order valence-electron chi connectivity index (χ1n) is 27.0. The molecule has 0 heterocycles. The van der Waals surface area contributed by atoms with Gasteiger partial charge in [0.05, 0.1) is 28.4 Å². The van der Waals surface area contributed by atoms with Gasteiger partial charge >= 0.3 is 0 Å². The topological polar surface area (TPSA) is 36.9 Å². The lowest BCUT2D eigenvalue weighted by molar-refractivity contribution is -0.0282. The van der Waals surface area contributed by atoms with Crippen LogP contribution in [0.25, 0.3) is 66.1 Å². The summed E-state index contributed by atoms with van der Waals surface area (Å²) in [7, 11) is 7.31. The molecule has 24 rings (SSSR count). The van der Waals surface area contributed by atoms with Crippen LogP contribution in [0, 0.1) is 23.7 Å². The summed E-state index contributed by atoms with van der Waals surface area (Å²) < 4.78 is 24.8. The predicted octanol–water partition coefficient (Wildman–Crippen LogP) is 16.6. The third-order valence-electron chi connectivity index (χ3n) is 20.3. The van der Waals surface area contributed by atoms with Gasteiger partial charge in [0, 0.05) is 22.3 Å². The van der Waals surface area contributed by atoms with Gasteiger partial charge in [0.15, 0.2) is 0 Å². The number of hydrogen-bond donors (Lipinski definition) is 0. The number of benzene rings is 8. The summed E-state index contributed by atoms with van der Waals surface area (Å²) in [5.74, 6) is 6.60. The second-order valence-electron chi connectivity index (χ2n) is 24.3. The van der Waals surface area contributed by atoms with E-state index < -0.39 is 0 Å². The molecule has 0 unspecified atom stereocenters. The first kappa shape index (κ1) is 43.1. The second-order valence-corrected chi connectivity index (χ2v) is 24.3. The Kier molecular flexibility index (Phi) is 9.28. The monoisotopic (exact) mass is 944 g/mol. The van der Waals surface area contributed by atoms with E-state index in [0.29, 0.717) is 23.7 Å². The Morgan fingerprint density at radius 1 is 0.292 bits per heavy atom. The highest BCUT2D eigenvalue weighted by Gasteiger charge is 2.60. The molecule has 0 radical (unpaired) electrons. The zero-order valence-electron chi connectivity index (χ0n) is 42.3. The van der Waals surface area contributed by atoms with Crippen molar-refractivity contribution in [2.45, 2.75) is 98.7 Å². The van der Waals surface area contributed by atoms with Gasteiger partial charge < -0.3 is 18.9 Å². The van der Waals surface area contributed by atoms with Crippen LogP contribution in [-0.4, -0.2) is 28.4 Å². The van der Waals surface area contributed by atoms with Gasteiger partial charge in [-0.25, -0.2) is 0 Å². The van der Waals surface area contributed by atoms with E-state index in [-0.39, 0.29) is 21.7 Å². The molecule has 0 aromatic heterocycles. The summed E-state index contributed by atoms with van der Waals surface area (Å²) in [4.78, 5) is 0. The molecule has 8 aromatic carbocycles. The maximum absolute atomic E-state index is 6.19. The van der Waals surface area contributed by atoms with Gasteiger partial charge in [0.2, 0.25) is 0 Å². The minimum atomic E-state index is 0.116. The zero-order valence-corrected chi connectivity index (χ0v) is 42.3. The van der Waals surface area contributed by atoms with E-state index in [1.165, 1.54) is 165 Å². The first-order chi connectivity index (χ1) is 35.2. The first-order valence-corrected chi connectivity index (χ1v) is 27.0. The van der Waals surface area contributed by atoms with E-state index in [9.17, 15) is 0 Å². The van der Waals surface area contributed by atoms with Crippen LogP contribution >= 0.6 is 0 Å². The predicted molar refractivity (Wildman–Crippen MR) is 292 cm³/mol. The fourth-order valence-electron chi connectivity index (χ4n) is 18.1. The van der Waals surface area contributed by atoms with Crippen LogP contribution in [0.2, 0.25) is 0 Å². The van der Waals surface area contributed by atoms with Crippen molar-refractivity contribution in [2.24, 2.45) is 23.7 Å². The molecule has 8 aromatic rings. The molecule has 24 bridgehead atoms. The minimum Gasteiger partial charge on any atom is -0.496 e. The van der Waals surface area contributed by atoms with Crippen molar-refractivity contribution in [3.63, 3.8) is 0 Å². The molecule has 0 atom stereocenters. The molecule has 8 fully saturated rings. The third-order valence-corrected chi connectivity index (χ3v) is 20.3. The normalized spacial score (nSPS) is 28.9. The fraction of sp³-hybridized carbons (Fsp3) is 0.353. The number of ether oxygens (including phenoxy) is 4. The Hall–Kier alpha value is -6.52. The maximum atomic E-state index is 6.19. The molecule has 0 saturated heterocycles. The van der Waals surface area contributed by atoms with Crippen LogP contribution < -0.4 is 18.9 Å². The molecule has 0 amide bonds. The Morgan fingerprint density at radius 3 is 0.750 bits per heavy atom. The van der Waals surface area contributed by atoms with Crippen molar-refractivity contribution in [2.75, 3.05) is 28.4 Å². The molecule has 0 aliphatic heterocycles. The van der Waals surface area contributed by atoms with E-state index in [1.807, 2.05) is 28.4 Å². The van der Waals surface area contributed by atoms with Crippen molar-refractivity contribution in [1.82, 2.24) is 0 Å².